The normalized spacial score (nSPS) is 20.4. The summed E-state index contributed by atoms with van der Waals surface area (Å²) in [5.74, 6) is 2.13. The molecule has 0 fully saturated rings. The molecule has 4 heterocycles. The Hall–Kier alpha value is -4.21. The Kier molecular flexibility index (Phi) is 7.99. The molecule has 0 saturated carbocycles. The number of hydrogen-bond acceptors (Lipinski definition) is 4. The SMILES string of the molecule is Cc1cnc2c(c1)c1cccc3c1n2-c1[c-]c(Oc2[c-]c(C4=N[C@](C)(C(C)C)[C@@](C)(c5ccccc5)O4)c(C)cc2C)c(C)cc1C3(C)C.[Pt+2]. The molecule has 0 amide bonds. The van der Waals surface area contributed by atoms with Crippen molar-refractivity contribution in [1.29, 1.82) is 0 Å². The Morgan fingerprint density at radius 2 is 1.48 bits per heavy atom. The molecular formula is C44H43N3O2Pt. The largest absolute Gasteiger partial charge is 2.00 e. The van der Waals surface area contributed by atoms with E-state index in [1.54, 1.807) is 0 Å². The number of para-hydroxylation sites is 1. The second kappa shape index (κ2) is 11.7. The molecule has 0 spiro atoms. The predicted octanol–water partition coefficient (Wildman–Crippen LogP) is 10.5. The first-order valence-corrected chi connectivity index (χ1v) is 17.3. The maximum Gasteiger partial charge on any atom is 2.00 e. The van der Waals surface area contributed by atoms with Crippen LogP contribution in [-0.2, 0) is 36.8 Å². The molecule has 50 heavy (non-hydrogen) atoms. The fourth-order valence-electron chi connectivity index (χ4n) is 8.03. The van der Waals surface area contributed by atoms with Gasteiger partial charge < -0.3 is 14.0 Å². The van der Waals surface area contributed by atoms with Gasteiger partial charge in [0.15, 0.2) is 0 Å². The Labute approximate surface area is 310 Å². The molecule has 8 rings (SSSR count). The minimum absolute atomic E-state index is 0. The molecule has 5 nitrogen and oxygen atoms in total. The Morgan fingerprint density at radius 3 is 2.20 bits per heavy atom. The van der Waals surface area contributed by atoms with Crippen molar-refractivity contribution in [2.24, 2.45) is 10.9 Å². The fourth-order valence-corrected chi connectivity index (χ4v) is 8.03. The molecule has 0 N–H and O–H groups in total. The van der Waals surface area contributed by atoms with E-state index in [0.29, 0.717) is 17.4 Å². The predicted molar refractivity (Wildman–Crippen MR) is 198 cm³/mol. The number of hydrogen-bond donors (Lipinski definition) is 0. The molecule has 256 valence electrons. The van der Waals surface area contributed by atoms with Crippen LogP contribution in [0.4, 0.5) is 0 Å². The monoisotopic (exact) mass is 840 g/mol. The number of ether oxygens (including phenoxy) is 2. The molecule has 2 aliphatic rings. The van der Waals surface area contributed by atoms with E-state index in [2.05, 4.69) is 147 Å². The van der Waals surface area contributed by atoms with Crippen molar-refractivity contribution in [2.75, 3.05) is 0 Å². The minimum atomic E-state index is -0.645. The zero-order chi connectivity index (χ0) is 34.6. The van der Waals surface area contributed by atoms with Gasteiger partial charge in [0.1, 0.15) is 17.1 Å². The number of nitrogens with zero attached hydrogens (tertiary/aromatic N) is 3. The molecule has 2 atom stereocenters. The number of pyridine rings is 1. The summed E-state index contributed by atoms with van der Waals surface area (Å²) in [5.41, 5.74) is 10.3. The van der Waals surface area contributed by atoms with E-state index in [-0.39, 0.29) is 32.4 Å². The zero-order valence-electron chi connectivity index (χ0n) is 30.5. The van der Waals surface area contributed by atoms with Crippen molar-refractivity contribution in [3.05, 3.63) is 130 Å². The van der Waals surface area contributed by atoms with Gasteiger partial charge in [-0.3, -0.25) is 4.99 Å². The van der Waals surface area contributed by atoms with Gasteiger partial charge in [-0.2, -0.15) is 6.07 Å². The fraction of sp³-hybridized carbons (Fsp3) is 0.318. The topological polar surface area (TPSA) is 48.6 Å². The average Bonchev–Trinajstić information content (AvgIpc) is 3.54. The van der Waals surface area contributed by atoms with Gasteiger partial charge in [-0.05, 0) is 54.9 Å². The molecule has 0 bridgehead atoms. The quantitative estimate of drug-likeness (QED) is 0.163. The molecule has 2 aliphatic heterocycles. The summed E-state index contributed by atoms with van der Waals surface area (Å²) in [6.45, 7) is 21.7. The van der Waals surface area contributed by atoms with Gasteiger partial charge >= 0.3 is 21.1 Å². The van der Waals surface area contributed by atoms with Crippen molar-refractivity contribution < 1.29 is 30.5 Å². The number of aliphatic imine (C=N–C) groups is 1. The molecule has 2 aromatic heterocycles. The van der Waals surface area contributed by atoms with Crippen LogP contribution >= 0.6 is 0 Å². The van der Waals surface area contributed by atoms with Gasteiger partial charge in [-0.25, -0.2) is 4.98 Å². The van der Waals surface area contributed by atoms with Crippen LogP contribution in [0.1, 0.15) is 86.1 Å². The van der Waals surface area contributed by atoms with E-state index < -0.39 is 11.1 Å². The van der Waals surface area contributed by atoms with E-state index in [1.165, 1.54) is 22.0 Å². The molecule has 4 aromatic carbocycles. The van der Waals surface area contributed by atoms with E-state index in [9.17, 15) is 0 Å². The molecule has 0 saturated heterocycles. The third-order valence-electron chi connectivity index (χ3n) is 11.4. The van der Waals surface area contributed by atoms with Crippen LogP contribution in [0.2, 0.25) is 0 Å². The Balaban J connectivity index is 0.00000392. The molecule has 0 unspecified atom stereocenters. The van der Waals surface area contributed by atoms with Crippen LogP contribution in [0.25, 0.3) is 27.6 Å². The number of aryl methyl sites for hydroxylation is 4. The molecule has 6 aromatic rings. The van der Waals surface area contributed by atoms with Crippen LogP contribution in [0, 0.1) is 45.7 Å². The van der Waals surface area contributed by atoms with Gasteiger partial charge in [0.25, 0.3) is 0 Å². The summed E-state index contributed by atoms with van der Waals surface area (Å²) in [5, 5.41) is 2.36. The smallest absolute Gasteiger partial charge is 0.508 e. The van der Waals surface area contributed by atoms with Gasteiger partial charge in [0, 0.05) is 28.5 Å². The van der Waals surface area contributed by atoms with Crippen LogP contribution in [0.5, 0.6) is 11.5 Å². The minimum Gasteiger partial charge on any atom is -0.508 e. The summed E-state index contributed by atoms with van der Waals surface area (Å²) < 4.78 is 16.0. The number of fused-ring (bicyclic) bond motifs is 5. The van der Waals surface area contributed by atoms with E-state index in [4.69, 9.17) is 19.5 Å². The molecular weight excluding hydrogens is 798 g/mol. The van der Waals surface area contributed by atoms with Crippen molar-refractivity contribution in [3.63, 3.8) is 0 Å². The first kappa shape index (κ1) is 34.2. The van der Waals surface area contributed by atoms with Crippen molar-refractivity contribution >= 4 is 27.8 Å². The van der Waals surface area contributed by atoms with Crippen LogP contribution in [0.15, 0.2) is 77.9 Å². The first-order chi connectivity index (χ1) is 23.2. The van der Waals surface area contributed by atoms with Crippen molar-refractivity contribution in [3.8, 4) is 17.2 Å². The second-order valence-electron chi connectivity index (χ2n) is 15.3. The molecule has 0 radical (unpaired) electrons. The first-order valence-electron chi connectivity index (χ1n) is 17.3. The van der Waals surface area contributed by atoms with Crippen LogP contribution < -0.4 is 4.74 Å². The third kappa shape index (κ3) is 4.76. The van der Waals surface area contributed by atoms with E-state index in [1.807, 2.05) is 12.3 Å². The standard InChI is InChI=1S/C44H43N3O2.Pt/c1-25(2)43(9)44(10,30-15-12-11-13-16-30)49-41(46-43)32-22-37(28(5)20-27(32)4)48-38-23-36-35(21-29(38)6)42(7,8)34-18-14-17-31-33-19-26(3)24-45-40(33)47(36)39(31)34;/h11-21,24-25H,1-10H3;/q-2;+2/t43-,44-;/m1./s1. The number of aromatic nitrogens is 2. The summed E-state index contributed by atoms with van der Waals surface area (Å²) >= 11 is 0. The summed E-state index contributed by atoms with van der Waals surface area (Å²) in [6.07, 6.45) is 1.95. The maximum absolute atomic E-state index is 6.90. The van der Waals surface area contributed by atoms with Gasteiger partial charge in [0.05, 0.1) is 11.1 Å². The van der Waals surface area contributed by atoms with E-state index >= 15 is 0 Å². The van der Waals surface area contributed by atoms with Gasteiger partial charge in [-0.15, -0.1) is 28.8 Å². The summed E-state index contributed by atoms with van der Waals surface area (Å²) in [6, 6.07) is 31.0. The Morgan fingerprint density at radius 1 is 0.780 bits per heavy atom. The zero-order valence-corrected chi connectivity index (χ0v) is 32.8. The maximum atomic E-state index is 6.90. The van der Waals surface area contributed by atoms with Gasteiger partial charge in [0.2, 0.25) is 0 Å². The van der Waals surface area contributed by atoms with Crippen LogP contribution in [0.3, 0.4) is 0 Å². The third-order valence-corrected chi connectivity index (χ3v) is 11.4. The average molecular weight is 841 g/mol. The van der Waals surface area contributed by atoms with Crippen LogP contribution in [-0.4, -0.2) is 21.0 Å². The summed E-state index contributed by atoms with van der Waals surface area (Å²) in [7, 11) is 0. The number of rotatable bonds is 5. The van der Waals surface area contributed by atoms with Gasteiger partial charge in [-0.1, -0.05) is 120 Å². The second-order valence-corrected chi connectivity index (χ2v) is 15.3. The Bertz CT molecular complexity index is 2370. The number of benzene rings is 4. The summed E-state index contributed by atoms with van der Waals surface area (Å²) in [4.78, 5) is 10.3. The van der Waals surface area contributed by atoms with Crippen molar-refractivity contribution in [2.45, 2.75) is 85.8 Å². The van der Waals surface area contributed by atoms with Crippen molar-refractivity contribution in [1.82, 2.24) is 9.55 Å². The van der Waals surface area contributed by atoms with E-state index in [0.717, 1.165) is 50.1 Å². The molecule has 6 heteroatoms. The molecule has 0 aliphatic carbocycles.